The summed E-state index contributed by atoms with van der Waals surface area (Å²) in [7, 11) is 3.21. The molecule has 0 bridgehead atoms. The van der Waals surface area contributed by atoms with Crippen molar-refractivity contribution in [2.24, 2.45) is 5.41 Å². The summed E-state index contributed by atoms with van der Waals surface area (Å²) in [5.74, 6) is 0.700. The van der Waals surface area contributed by atoms with Gasteiger partial charge in [0.15, 0.2) is 0 Å². The van der Waals surface area contributed by atoms with Crippen LogP contribution in [0.2, 0.25) is 0 Å². The predicted molar refractivity (Wildman–Crippen MR) is 81.9 cm³/mol. The molecule has 0 heterocycles. The Hall–Kier alpha value is -1.75. The molecule has 0 unspecified atom stereocenters. The Kier molecular flexibility index (Phi) is 6.49. The third-order valence-corrected chi connectivity index (χ3v) is 4.01. The molecule has 0 fully saturated rings. The van der Waals surface area contributed by atoms with Crippen molar-refractivity contribution in [1.29, 1.82) is 0 Å². The zero-order valence-electron chi connectivity index (χ0n) is 13.2. The molecule has 0 amide bonds. The third-order valence-electron chi connectivity index (χ3n) is 4.01. The van der Waals surface area contributed by atoms with E-state index >= 15 is 0 Å². The lowest BCUT2D eigenvalue weighted by Crippen LogP contribution is -2.40. The van der Waals surface area contributed by atoms with Crippen molar-refractivity contribution >= 4 is 5.97 Å². The first-order chi connectivity index (χ1) is 10.0. The molecule has 0 aliphatic heterocycles. The number of nitrogens with one attached hydrogen (secondary N) is 1. The van der Waals surface area contributed by atoms with E-state index in [2.05, 4.69) is 5.32 Å². The Morgan fingerprint density at radius 1 is 1.14 bits per heavy atom. The molecule has 0 radical (unpaired) electrons. The molecule has 0 saturated carbocycles. The number of methoxy groups -OCH3 is 2. The zero-order chi connectivity index (χ0) is 15.9. The van der Waals surface area contributed by atoms with E-state index in [9.17, 15) is 9.90 Å². The van der Waals surface area contributed by atoms with Crippen LogP contribution in [0.15, 0.2) is 18.2 Å². The molecule has 21 heavy (non-hydrogen) atoms. The molecule has 0 atom stereocenters. The average Bonchev–Trinajstić information content (AvgIpc) is 2.51. The second-order valence-corrected chi connectivity index (χ2v) is 5.12. The quantitative estimate of drug-likeness (QED) is 0.733. The van der Waals surface area contributed by atoms with Gasteiger partial charge in [-0.1, -0.05) is 13.8 Å². The van der Waals surface area contributed by atoms with Gasteiger partial charge in [0.05, 0.1) is 19.6 Å². The SMILES string of the molecule is CCC(CC)(CNCc1cc(OC)cc(OC)c1)C(=O)O. The van der Waals surface area contributed by atoms with Gasteiger partial charge in [-0.15, -0.1) is 0 Å². The number of hydrogen-bond donors (Lipinski definition) is 2. The summed E-state index contributed by atoms with van der Waals surface area (Å²) in [6.07, 6.45) is 1.21. The highest BCUT2D eigenvalue weighted by Gasteiger charge is 2.34. The van der Waals surface area contributed by atoms with Crippen LogP contribution in [-0.4, -0.2) is 31.8 Å². The number of ether oxygens (including phenoxy) is 2. The number of carbonyl (C=O) groups is 1. The molecule has 5 heteroatoms. The number of benzene rings is 1. The second kappa shape index (κ2) is 7.88. The fraction of sp³-hybridized carbons (Fsp3) is 0.562. The maximum Gasteiger partial charge on any atom is 0.310 e. The molecule has 1 rings (SSSR count). The largest absolute Gasteiger partial charge is 0.497 e. The van der Waals surface area contributed by atoms with Gasteiger partial charge in [-0.3, -0.25) is 4.79 Å². The first-order valence-corrected chi connectivity index (χ1v) is 7.17. The van der Waals surface area contributed by atoms with Crippen molar-refractivity contribution in [2.75, 3.05) is 20.8 Å². The van der Waals surface area contributed by atoms with E-state index in [4.69, 9.17) is 9.47 Å². The minimum Gasteiger partial charge on any atom is -0.497 e. The molecule has 0 saturated heterocycles. The number of carboxylic acid groups (broad SMARTS) is 1. The molecule has 2 N–H and O–H groups in total. The van der Waals surface area contributed by atoms with Gasteiger partial charge in [0.25, 0.3) is 0 Å². The van der Waals surface area contributed by atoms with Crippen LogP contribution in [0.3, 0.4) is 0 Å². The predicted octanol–water partition coefficient (Wildman–Crippen LogP) is 2.68. The van der Waals surface area contributed by atoms with Gasteiger partial charge in [-0.05, 0) is 30.5 Å². The summed E-state index contributed by atoms with van der Waals surface area (Å²) in [6, 6.07) is 5.63. The van der Waals surface area contributed by atoms with E-state index < -0.39 is 11.4 Å². The second-order valence-electron chi connectivity index (χ2n) is 5.12. The van der Waals surface area contributed by atoms with Crippen molar-refractivity contribution in [3.63, 3.8) is 0 Å². The van der Waals surface area contributed by atoms with Gasteiger partial charge >= 0.3 is 5.97 Å². The van der Waals surface area contributed by atoms with Crippen LogP contribution >= 0.6 is 0 Å². The van der Waals surface area contributed by atoms with E-state index in [0.29, 0.717) is 25.9 Å². The molecule has 0 aliphatic carbocycles. The third kappa shape index (κ3) is 4.36. The molecule has 5 nitrogen and oxygen atoms in total. The van der Waals surface area contributed by atoms with Crippen LogP contribution in [0.4, 0.5) is 0 Å². The van der Waals surface area contributed by atoms with E-state index in [1.54, 1.807) is 14.2 Å². The summed E-state index contributed by atoms with van der Waals surface area (Å²) in [5.41, 5.74) is 0.292. The van der Waals surface area contributed by atoms with Crippen LogP contribution in [0.5, 0.6) is 11.5 Å². The first kappa shape index (κ1) is 17.3. The van der Waals surface area contributed by atoms with E-state index in [0.717, 1.165) is 17.1 Å². The van der Waals surface area contributed by atoms with E-state index in [-0.39, 0.29) is 0 Å². The zero-order valence-corrected chi connectivity index (χ0v) is 13.2. The molecule has 1 aromatic carbocycles. The lowest BCUT2D eigenvalue weighted by atomic mass is 9.82. The molecule has 0 spiro atoms. The highest BCUT2D eigenvalue weighted by atomic mass is 16.5. The molecular formula is C16H25NO4. The van der Waals surface area contributed by atoms with Crippen LogP contribution in [0.25, 0.3) is 0 Å². The van der Waals surface area contributed by atoms with E-state index in [1.807, 2.05) is 32.0 Å². The van der Waals surface area contributed by atoms with Gasteiger partial charge in [-0.25, -0.2) is 0 Å². The van der Waals surface area contributed by atoms with Crippen molar-refractivity contribution in [2.45, 2.75) is 33.2 Å². The van der Waals surface area contributed by atoms with Crippen molar-refractivity contribution in [3.05, 3.63) is 23.8 Å². The standard InChI is InChI=1S/C16H25NO4/c1-5-16(6-2,15(18)19)11-17-10-12-7-13(20-3)9-14(8-12)21-4/h7-9,17H,5-6,10-11H2,1-4H3,(H,18,19). The normalized spacial score (nSPS) is 11.2. The van der Waals surface area contributed by atoms with E-state index in [1.165, 1.54) is 0 Å². The number of rotatable bonds is 9. The monoisotopic (exact) mass is 295 g/mol. The summed E-state index contributed by atoms with van der Waals surface area (Å²) < 4.78 is 10.4. The maximum atomic E-state index is 11.4. The highest BCUT2D eigenvalue weighted by Crippen LogP contribution is 2.26. The lowest BCUT2D eigenvalue weighted by molar-refractivity contribution is -0.149. The van der Waals surface area contributed by atoms with Crippen LogP contribution in [-0.2, 0) is 11.3 Å². The Bertz CT molecular complexity index is 447. The topological polar surface area (TPSA) is 67.8 Å². The molecule has 0 aliphatic rings. The minimum atomic E-state index is -0.747. The van der Waals surface area contributed by atoms with Gasteiger partial charge in [0.1, 0.15) is 11.5 Å². The fourth-order valence-electron chi connectivity index (χ4n) is 2.29. The van der Waals surface area contributed by atoms with Gasteiger partial charge in [0.2, 0.25) is 0 Å². The molecule has 118 valence electrons. The van der Waals surface area contributed by atoms with Crippen LogP contribution < -0.4 is 14.8 Å². The number of carboxylic acids is 1. The van der Waals surface area contributed by atoms with Gasteiger partial charge in [0, 0.05) is 19.2 Å². The van der Waals surface area contributed by atoms with Crippen molar-refractivity contribution < 1.29 is 19.4 Å². The smallest absolute Gasteiger partial charge is 0.310 e. The summed E-state index contributed by atoms with van der Waals surface area (Å²) in [6.45, 7) is 4.83. The highest BCUT2D eigenvalue weighted by molar-refractivity contribution is 5.74. The molecule has 1 aromatic rings. The summed E-state index contributed by atoms with van der Waals surface area (Å²) in [4.78, 5) is 11.4. The number of aliphatic carboxylic acids is 1. The fourth-order valence-corrected chi connectivity index (χ4v) is 2.29. The van der Waals surface area contributed by atoms with Crippen molar-refractivity contribution in [1.82, 2.24) is 5.32 Å². The first-order valence-electron chi connectivity index (χ1n) is 7.17. The molecule has 0 aromatic heterocycles. The van der Waals surface area contributed by atoms with Crippen molar-refractivity contribution in [3.8, 4) is 11.5 Å². The summed E-state index contributed by atoms with van der Waals surface area (Å²) in [5, 5.41) is 12.6. The number of hydrogen-bond acceptors (Lipinski definition) is 4. The Morgan fingerprint density at radius 3 is 2.05 bits per heavy atom. The average molecular weight is 295 g/mol. The maximum absolute atomic E-state index is 11.4. The Balaban J connectivity index is 2.73. The molecular weight excluding hydrogens is 270 g/mol. The lowest BCUT2D eigenvalue weighted by Gasteiger charge is -2.27. The van der Waals surface area contributed by atoms with Gasteiger partial charge in [-0.2, -0.15) is 0 Å². The Labute approximate surface area is 126 Å². The van der Waals surface area contributed by atoms with Crippen LogP contribution in [0.1, 0.15) is 32.3 Å². The Morgan fingerprint density at radius 2 is 1.67 bits per heavy atom. The van der Waals surface area contributed by atoms with Gasteiger partial charge < -0.3 is 19.9 Å². The van der Waals surface area contributed by atoms with Crippen LogP contribution in [0, 0.1) is 5.41 Å². The summed E-state index contributed by atoms with van der Waals surface area (Å²) >= 11 is 0. The minimum absolute atomic E-state index is 0.439.